The van der Waals surface area contributed by atoms with Crippen molar-refractivity contribution >= 4 is 23.7 Å². The van der Waals surface area contributed by atoms with Crippen molar-refractivity contribution in [2.45, 2.75) is 31.7 Å². The number of urea groups is 1. The molecule has 0 radical (unpaired) electrons. The SMILES string of the molecule is C=CCNC(=O)N1CCN(C(C(=O)N2CCSCC2)C2CCCC2)CC1. The van der Waals surface area contributed by atoms with Crippen LogP contribution in [0, 0.1) is 5.92 Å². The lowest BCUT2D eigenvalue weighted by molar-refractivity contribution is -0.139. The molecule has 1 N–H and O–H groups in total. The van der Waals surface area contributed by atoms with Gasteiger partial charge in [0.1, 0.15) is 0 Å². The molecular formula is C19H32N4O2S. The first-order valence-electron chi connectivity index (χ1n) is 9.95. The van der Waals surface area contributed by atoms with Crippen LogP contribution in [0.25, 0.3) is 0 Å². The summed E-state index contributed by atoms with van der Waals surface area (Å²) in [6.45, 7) is 8.86. The number of piperazine rings is 1. The van der Waals surface area contributed by atoms with Crippen LogP contribution in [0.5, 0.6) is 0 Å². The molecule has 0 aromatic heterocycles. The minimum absolute atomic E-state index is 0.0130. The van der Waals surface area contributed by atoms with Gasteiger partial charge in [0.05, 0.1) is 6.04 Å². The number of amides is 3. The van der Waals surface area contributed by atoms with E-state index in [0.717, 1.165) is 37.7 Å². The molecule has 3 aliphatic rings. The molecule has 7 heteroatoms. The summed E-state index contributed by atoms with van der Waals surface area (Å²) in [7, 11) is 0. The van der Waals surface area contributed by atoms with Gasteiger partial charge in [0, 0.05) is 57.3 Å². The number of hydrogen-bond donors (Lipinski definition) is 1. The van der Waals surface area contributed by atoms with Crippen molar-refractivity contribution in [1.29, 1.82) is 0 Å². The highest BCUT2D eigenvalue weighted by atomic mass is 32.2. The second-order valence-corrected chi connectivity index (χ2v) is 8.65. The van der Waals surface area contributed by atoms with E-state index in [1.165, 1.54) is 25.7 Å². The standard InChI is InChI=1S/C19H32N4O2S/c1-2-7-20-19(25)23-10-8-21(9-11-23)17(16-5-3-4-6-16)18(24)22-12-14-26-15-13-22/h2,16-17H,1,3-15H2,(H,20,25). The molecule has 0 bridgehead atoms. The van der Waals surface area contributed by atoms with E-state index in [-0.39, 0.29) is 12.1 Å². The number of carbonyl (C=O) groups is 2. The quantitative estimate of drug-likeness (QED) is 0.737. The minimum Gasteiger partial charge on any atom is -0.340 e. The van der Waals surface area contributed by atoms with Gasteiger partial charge >= 0.3 is 6.03 Å². The van der Waals surface area contributed by atoms with E-state index in [1.807, 2.05) is 16.7 Å². The second kappa shape index (κ2) is 9.65. The Balaban J connectivity index is 1.61. The van der Waals surface area contributed by atoms with Gasteiger partial charge in [-0.2, -0.15) is 11.8 Å². The number of thioether (sulfide) groups is 1. The smallest absolute Gasteiger partial charge is 0.317 e. The van der Waals surface area contributed by atoms with Crippen LogP contribution in [-0.2, 0) is 4.79 Å². The highest BCUT2D eigenvalue weighted by molar-refractivity contribution is 7.99. The van der Waals surface area contributed by atoms with E-state index in [4.69, 9.17) is 0 Å². The van der Waals surface area contributed by atoms with Crippen molar-refractivity contribution in [3.8, 4) is 0 Å². The maximum Gasteiger partial charge on any atom is 0.317 e. The highest BCUT2D eigenvalue weighted by Crippen LogP contribution is 2.32. The van der Waals surface area contributed by atoms with E-state index in [0.29, 0.717) is 31.5 Å². The van der Waals surface area contributed by atoms with Gasteiger partial charge in [-0.05, 0) is 18.8 Å². The molecule has 2 saturated heterocycles. The molecule has 6 nitrogen and oxygen atoms in total. The van der Waals surface area contributed by atoms with Crippen molar-refractivity contribution in [2.24, 2.45) is 5.92 Å². The topological polar surface area (TPSA) is 55.9 Å². The minimum atomic E-state index is -0.0265. The molecule has 1 atom stereocenters. The van der Waals surface area contributed by atoms with Crippen molar-refractivity contribution in [3.63, 3.8) is 0 Å². The van der Waals surface area contributed by atoms with Gasteiger partial charge in [-0.3, -0.25) is 9.69 Å². The van der Waals surface area contributed by atoms with Crippen molar-refractivity contribution < 1.29 is 9.59 Å². The second-order valence-electron chi connectivity index (χ2n) is 7.42. The Hall–Kier alpha value is -1.21. The van der Waals surface area contributed by atoms with Gasteiger partial charge < -0.3 is 15.1 Å². The predicted molar refractivity (Wildman–Crippen MR) is 106 cm³/mol. The summed E-state index contributed by atoms with van der Waals surface area (Å²) >= 11 is 1.94. The van der Waals surface area contributed by atoms with Gasteiger partial charge in [-0.25, -0.2) is 4.79 Å². The van der Waals surface area contributed by atoms with Crippen LogP contribution in [-0.4, -0.2) is 90.0 Å². The van der Waals surface area contributed by atoms with E-state index < -0.39 is 0 Å². The first-order chi connectivity index (χ1) is 12.7. The van der Waals surface area contributed by atoms with Gasteiger partial charge in [0.2, 0.25) is 5.91 Å². The Morgan fingerprint density at radius 3 is 2.31 bits per heavy atom. The summed E-state index contributed by atoms with van der Waals surface area (Å²) < 4.78 is 0. The zero-order chi connectivity index (χ0) is 18.4. The zero-order valence-electron chi connectivity index (χ0n) is 15.7. The largest absolute Gasteiger partial charge is 0.340 e. The van der Waals surface area contributed by atoms with E-state index in [1.54, 1.807) is 6.08 Å². The van der Waals surface area contributed by atoms with Gasteiger partial charge in [0.25, 0.3) is 0 Å². The monoisotopic (exact) mass is 380 g/mol. The van der Waals surface area contributed by atoms with Crippen LogP contribution in [0.15, 0.2) is 12.7 Å². The lowest BCUT2D eigenvalue weighted by Gasteiger charge is -2.42. The third-order valence-electron chi connectivity index (χ3n) is 5.81. The molecule has 2 aliphatic heterocycles. The van der Waals surface area contributed by atoms with Crippen LogP contribution in [0.2, 0.25) is 0 Å². The molecular weight excluding hydrogens is 348 g/mol. The van der Waals surface area contributed by atoms with Crippen LogP contribution in [0.3, 0.4) is 0 Å². The summed E-state index contributed by atoms with van der Waals surface area (Å²) in [6.07, 6.45) is 6.51. The molecule has 3 fully saturated rings. The first kappa shape index (κ1) is 19.5. The third kappa shape index (κ3) is 4.74. The molecule has 0 aromatic rings. The fraction of sp³-hybridized carbons (Fsp3) is 0.789. The van der Waals surface area contributed by atoms with Crippen molar-refractivity contribution in [1.82, 2.24) is 20.0 Å². The number of nitrogens with zero attached hydrogens (tertiary/aromatic N) is 3. The van der Waals surface area contributed by atoms with E-state index >= 15 is 0 Å². The number of carbonyl (C=O) groups excluding carboxylic acids is 2. The first-order valence-corrected chi connectivity index (χ1v) is 11.1. The summed E-state index contributed by atoms with van der Waals surface area (Å²) in [5.41, 5.74) is 0. The van der Waals surface area contributed by atoms with Gasteiger partial charge in [-0.1, -0.05) is 18.9 Å². The maximum atomic E-state index is 13.3. The molecule has 26 heavy (non-hydrogen) atoms. The number of nitrogens with one attached hydrogen (secondary N) is 1. The highest BCUT2D eigenvalue weighted by Gasteiger charge is 2.39. The van der Waals surface area contributed by atoms with E-state index in [9.17, 15) is 9.59 Å². The molecule has 1 saturated carbocycles. The van der Waals surface area contributed by atoms with Gasteiger partial charge in [0.15, 0.2) is 0 Å². The number of rotatable bonds is 5. The number of hydrogen-bond acceptors (Lipinski definition) is 4. The fourth-order valence-corrected chi connectivity index (χ4v) is 5.28. The molecule has 146 valence electrons. The Kier molecular flexibility index (Phi) is 7.25. The Labute approximate surface area is 161 Å². The summed E-state index contributed by atoms with van der Waals surface area (Å²) in [6, 6.07) is -0.0136. The fourth-order valence-electron chi connectivity index (χ4n) is 4.37. The van der Waals surface area contributed by atoms with Crippen LogP contribution in [0.4, 0.5) is 4.79 Å². The van der Waals surface area contributed by atoms with Crippen molar-refractivity contribution in [2.75, 3.05) is 57.3 Å². The van der Waals surface area contributed by atoms with E-state index in [2.05, 4.69) is 21.7 Å². The molecule has 1 unspecified atom stereocenters. The Morgan fingerprint density at radius 1 is 1.04 bits per heavy atom. The van der Waals surface area contributed by atoms with Crippen LogP contribution in [0.1, 0.15) is 25.7 Å². The van der Waals surface area contributed by atoms with Crippen LogP contribution >= 0.6 is 11.8 Å². The molecule has 0 spiro atoms. The summed E-state index contributed by atoms with van der Waals surface area (Å²) in [5.74, 6) is 2.93. The molecule has 0 aromatic carbocycles. The Bertz CT molecular complexity index is 496. The van der Waals surface area contributed by atoms with Crippen molar-refractivity contribution in [3.05, 3.63) is 12.7 Å². The summed E-state index contributed by atoms with van der Waals surface area (Å²) in [4.78, 5) is 31.8. The molecule has 2 heterocycles. The third-order valence-corrected chi connectivity index (χ3v) is 6.76. The molecule has 3 rings (SSSR count). The predicted octanol–water partition coefficient (Wildman–Crippen LogP) is 1.63. The maximum absolute atomic E-state index is 13.3. The molecule has 1 aliphatic carbocycles. The average molecular weight is 381 g/mol. The summed E-state index contributed by atoms with van der Waals surface area (Å²) in [5, 5.41) is 2.85. The average Bonchev–Trinajstić information content (AvgIpc) is 3.21. The lowest BCUT2D eigenvalue weighted by Crippen LogP contribution is -2.60. The Morgan fingerprint density at radius 2 is 1.69 bits per heavy atom. The van der Waals surface area contributed by atoms with Gasteiger partial charge in [-0.15, -0.1) is 6.58 Å². The lowest BCUT2D eigenvalue weighted by atomic mass is 9.94. The molecule has 3 amide bonds. The van der Waals surface area contributed by atoms with Crippen LogP contribution < -0.4 is 5.32 Å². The normalized spacial score (nSPS) is 23.7. The zero-order valence-corrected chi connectivity index (χ0v) is 16.5.